The molecule has 0 aliphatic heterocycles. The fourth-order valence-corrected chi connectivity index (χ4v) is 2.22. The quantitative estimate of drug-likeness (QED) is 0.723. The highest BCUT2D eigenvalue weighted by molar-refractivity contribution is 5.82. The molecular weight excluding hydrogens is 267 g/mol. The van der Waals surface area contributed by atoms with Gasteiger partial charge in [-0.3, -0.25) is 9.67 Å². The van der Waals surface area contributed by atoms with E-state index in [0.29, 0.717) is 11.3 Å². The van der Waals surface area contributed by atoms with Crippen molar-refractivity contribution < 1.29 is 4.39 Å². The minimum absolute atomic E-state index is 0.294. The number of hydrogen-bond acceptors (Lipinski definition) is 3. The van der Waals surface area contributed by atoms with E-state index < -0.39 is 0 Å². The predicted octanol–water partition coefficient (Wildman–Crippen LogP) is 3.16. The number of pyridine rings is 1. The lowest BCUT2D eigenvalue weighted by Crippen LogP contribution is -1.88. The average molecular weight is 278 g/mol. The summed E-state index contributed by atoms with van der Waals surface area (Å²) >= 11 is 0. The molecule has 21 heavy (non-hydrogen) atoms. The summed E-state index contributed by atoms with van der Waals surface area (Å²) in [6.07, 6.45) is 5.00. The zero-order valence-corrected chi connectivity index (χ0v) is 11.3. The molecule has 1 aromatic carbocycles. The smallest absolute Gasteiger partial charge is 0.123 e. The molecule has 0 saturated heterocycles. The van der Waals surface area contributed by atoms with Crippen LogP contribution in [0.4, 0.5) is 4.39 Å². The molecule has 0 spiro atoms. The molecule has 0 aliphatic rings. The van der Waals surface area contributed by atoms with Crippen molar-refractivity contribution in [2.45, 2.75) is 0 Å². The zero-order chi connectivity index (χ0) is 14.8. The summed E-state index contributed by atoms with van der Waals surface area (Å²) < 4.78 is 14.7. The molecule has 102 valence electrons. The second-order valence-corrected chi connectivity index (χ2v) is 4.61. The maximum Gasteiger partial charge on any atom is 0.123 e. The molecule has 3 rings (SSSR count). The third kappa shape index (κ3) is 2.39. The topological polar surface area (TPSA) is 54.5 Å². The van der Waals surface area contributed by atoms with E-state index in [9.17, 15) is 9.65 Å². The summed E-state index contributed by atoms with van der Waals surface area (Å²) in [6.45, 7) is 0. The molecule has 0 N–H and O–H groups in total. The van der Waals surface area contributed by atoms with Gasteiger partial charge >= 0.3 is 0 Å². The monoisotopic (exact) mass is 278 g/mol. The Kier molecular flexibility index (Phi) is 3.20. The standard InChI is InChI=1S/C16H11FN4/c1-21-10-15(14-6-7-19-9-12(14)8-18)16(20-21)11-2-4-13(17)5-3-11/h2-7,9-10H,1H3. The van der Waals surface area contributed by atoms with Gasteiger partial charge in [-0.25, -0.2) is 4.39 Å². The van der Waals surface area contributed by atoms with Crippen LogP contribution in [0.5, 0.6) is 0 Å². The number of halogens is 1. The molecule has 0 radical (unpaired) electrons. The predicted molar refractivity (Wildman–Crippen MR) is 76.5 cm³/mol. The third-order valence-electron chi connectivity index (χ3n) is 3.18. The van der Waals surface area contributed by atoms with Gasteiger partial charge in [0.25, 0.3) is 0 Å². The Morgan fingerprint density at radius 3 is 2.62 bits per heavy atom. The molecule has 0 amide bonds. The van der Waals surface area contributed by atoms with E-state index >= 15 is 0 Å². The highest BCUT2D eigenvalue weighted by Crippen LogP contribution is 2.32. The van der Waals surface area contributed by atoms with E-state index in [1.807, 2.05) is 13.2 Å². The zero-order valence-electron chi connectivity index (χ0n) is 11.3. The Morgan fingerprint density at radius 1 is 1.14 bits per heavy atom. The van der Waals surface area contributed by atoms with Gasteiger partial charge in [0.05, 0.1) is 5.56 Å². The second kappa shape index (κ2) is 5.17. The summed E-state index contributed by atoms with van der Waals surface area (Å²) in [5.41, 5.74) is 3.57. The lowest BCUT2D eigenvalue weighted by Gasteiger charge is -2.04. The molecule has 0 aliphatic carbocycles. The van der Waals surface area contributed by atoms with Crippen molar-refractivity contribution in [3.8, 4) is 28.5 Å². The molecule has 0 bridgehead atoms. The normalized spacial score (nSPS) is 10.3. The SMILES string of the molecule is Cn1cc(-c2ccncc2C#N)c(-c2ccc(F)cc2)n1. The van der Waals surface area contributed by atoms with Gasteiger partial charge in [0.2, 0.25) is 0 Å². The van der Waals surface area contributed by atoms with Crippen molar-refractivity contribution in [2.24, 2.45) is 7.05 Å². The van der Waals surface area contributed by atoms with Crippen molar-refractivity contribution >= 4 is 0 Å². The lowest BCUT2D eigenvalue weighted by atomic mass is 9.99. The van der Waals surface area contributed by atoms with Gasteiger partial charge in [-0.15, -0.1) is 0 Å². The highest BCUT2D eigenvalue weighted by atomic mass is 19.1. The van der Waals surface area contributed by atoms with Crippen molar-refractivity contribution in [1.82, 2.24) is 14.8 Å². The number of hydrogen-bond donors (Lipinski definition) is 0. The fourth-order valence-electron chi connectivity index (χ4n) is 2.22. The molecular formula is C16H11FN4. The molecule has 5 heteroatoms. The average Bonchev–Trinajstić information content (AvgIpc) is 2.89. The number of nitrogens with zero attached hydrogens (tertiary/aromatic N) is 4. The first-order valence-corrected chi connectivity index (χ1v) is 6.33. The molecule has 4 nitrogen and oxygen atoms in total. The van der Waals surface area contributed by atoms with E-state index in [-0.39, 0.29) is 5.82 Å². The molecule has 0 fully saturated rings. The van der Waals surface area contributed by atoms with Gasteiger partial charge in [0.1, 0.15) is 17.6 Å². The Morgan fingerprint density at radius 2 is 1.90 bits per heavy atom. The van der Waals surface area contributed by atoms with Crippen LogP contribution in [0.3, 0.4) is 0 Å². The van der Waals surface area contributed by atoms with Crippen LogP contribution in [-0.4, -0.2) is 14.8 Å². The maximum absolute atomic E-state index is 13.1. The van der Waals surface area contributed by atoms with Crippen LogP contribution in [0, 0.1) is 17.1 Å². The number of nitriles is 1. The molecule has 0 atom stereocenters. The summed E-state index contributed by atoms with van der Waals surface area (Å²) in [4.78, 5) is 3.96. The van der Waals surface area contributed by atoms with E-state index in [1.165, 1.54) is 18.3 Å². The van der Waals surface area contributed by atoms with Crippen LogP contribution in [0.2, 0.25) is 0 Å². The Bertz CT molecular complexity index is 828. The van der Waals surface area contributed by atoms with Crippen molar-refractivity contribution in [3.63, 3.8) is 0 Å². The first-order valence-electron chi connectivity index (χ1n) is 6.33. The minimum atomic E-state index is -0.294. The number of rotatable bonds is 2. The van der Waals surface area contributed by atoms with E-state index in [4.69, 9.17) is 0 Å². The summed E-state index contributed by atoms with van der Waals surface area (Å²) in [5.74, 6) is -0.294. The number of benzene rings is 1. The van der Waals surface area contributed by atoms with Gasteiger partial charge in [0, 0.05) is 42.3 Å². The second-order valence-electron chi connectivity index (χ2n) is 4.61. The van der Waals surface area contributed by atoms with E-state index in [2.05, 4.69) is 16.2 Å². The van der Waals surface area contributed by atoms with Crippen molar-refractivity contribution in [3.05, 3.63) is 60.3 Å². The molecule has 2 aromatic heterocycles. The Balaban J connectivity index is 2.21. The minimum Gasteiger partial charge on any atom is -0.275 e. The first-order chi connectivity index (χ1) is 10.2. The van der Waals surface area contributed by atoms with E-state index in [0.717, 1.165) is 16.7 Å². The maximum atomic E-state index is 13.1. The largest absolute Gasteiger partial charge is 0.275 e. The van der Waals surface area contributed by atoms with Gasteiger partial charge in [-0.2, -0.15) is 10.4 Å². The van der Waals surface area contributed by atoms with Crippen LogP contribution in [-0.2, 0) is 7.05 Å². The summed E-state index contributed by atoms with van der Waals surface area (Å²) in [6, 6.07) is 10.1. The third-order valence-corrected chi connectivity index (χ3v) is 3.18. The fraction of sp³-hybridized carbons (Fsp3) is 0.0625. The van der Waals surface area contributed by atoms with Crippen LogP contribution >= 0.6 is 0 Å². The highest BCUT2D eigenvalue weighted by Gasteiger charge is 2.15. The summed E-state index contributed by atoms with van der Waals surface area (Å²) in [7, 11) is 1.81. The molecule has 3 aromatic rings. The Hall–Kier alpha value is -3.00. The van der Waals surface area contributed by atoms with Gasteiger partial charge in [-0.05, 0) is 30.3 Å². The summed E-state index contributed by atoms with van der Waals surface area (Å²) in [5, 5.41) is 13.6. The molecule has 0 saturated carbocycles. The van der Waals surface area contributed by atoms with Gasteiger partial charge in [-0.1, -0.05) is 0 Å². The van der Waals surface area contributed by atoms with Crippen molar-refractivity contribution in [1.29, 1.82) is 5.26 Å². The van der Waals surface area contributed by atoms with Crippen LogP contribution in [0.15, 0.2) is 48.9 Å². The van der Waals surface area contributed by atoms with Crippen molar-refractivity contribution in [2.75, 3.05) is 0 Å². The number of aromatic nitrogens is 3. The Labute approximate surface area is 121 Å². The molecule has 2 heterocycles. The van der Waals surface area contributed by atoms with Gasteiger partial charge < -0.3 is 0 Å². The van der Waals surface area contributed by atoms with Crippen LogP contribution < -0.4 is 0 Å². The van der Waals surface area contributed by atoms with Crippen LogP contribution in [0.1, 0.15) is 5.56 Å². The van der Waals surface area contributed by atoms with Crippen LogP contribution in [0.25, 0.3) is 22.4 Å². The molecule has 0 unspecified atom stereocenters. The van der Waals surface area contributed by atoms with E-state index in [1.54, 1.807) is 29.1 Å². The number of aryl methyl sites for hydroxylation is 1. The lowest BCUT2D eigenvalue weighted by molar-refractivity contribution is 0.628. The van der Waals surface area contributed by atoms with Gasteiger partial charge in [0.15, 0.2) is 0 Å². The first kappa shape index (κ1) is 13.0.